The largest absolute Gasteiger partial charge is 0.492 e. The Morgan fingerprint density at radius 2 is 2.05 bits per heavy atom. The van der Waals surface area contributed by atoms with Crippen LogP contribution in [0.15, 0.2) is 18.2 Å². The van der Waals surface area contributed by atoms with Crippen molar-refractivity contribution in [3.05, 3.63) is 29.3 Å². The summed E-state index contributed by atoms with van der Waals surface area (Å²) < 4.78 is 5.83. The van der Waals surface area contributed by atoms with Gasteiger partial charge in [-0.1, -0.05) is 25.3 Å². The average Bonchev–Trinajstić information content (AvgIpc) is 2.45. The van der Waals surface area contributed by atoms with Gasteiger partial charge in [-0.05, 0) is 43.4 Å². The zero-order chi connectivity index (χ0) is 14.5. The van der Waals surface area contributed by atoms with Crippen LogP contribution in [0.3, 0.4) is 0 Å². The van der Waals surface area contributed by atoms with Gasteiger partial charge in [-0.15, -0.1) is 0 Å². The average molecular weight is 276 g/mol. The Kier molecular flexibility index (Phi) is 5.01. The van der Waals surface area contributed by atoms with Crippen molar-refractivity contribution in [2.24, 2.45) is 17.4 Å². The highest BCUT2D eigenvalue weighted by atomic mass is 16.5. The number of carbonyl (C=O) groups excluding carboxylic acids is 1. The summed E-state index contributed by atoms with van der Waals surface area (Å²) in [6.07, 6.45) is 6.31. The quantitative estimate of drug-likeness (QED) is 0.868. The minimum atomic E-state index is -0.467. The number of amides is 1. The van der Waals surface area contributed by atoms with Crippen LogP contribution in [0.5, 0.6) is 5.75 Å². The maximum Gasteiger partial charge on any atom is 0.252 e. The first-order valence-electron chi connectivity index (χ1n) is 7.40. The van der Waals surface area contributed by atoms with Crippen molar-refractivity contribution in [3.63, 3.8) is 0 Å². The van der Waals surface area contributed by atoms with Crippen molar-refractivity contribution < 1.29 is 9.53 Å². The Hall–Kier alpha value is -1.55. The summed E-state index contributed by atoms with van der Waals surface area (Å²) >= 11 is 0. The van der Waals surface area contributed by atoms with E-state index in [9.17, 15) is 4.79 Å². The van der Waals surface area contributed by atoms with Crippen LogP contribution in [0.2, 0.25) is 0 Å². The van der Waals surface area contributed by atoms with Gasteiger partial charge in [-0.3, -0.25) is 4.79 Å². The topological polar surface area (TPSA) is 78.3 Å². The molecule has 0 bridgehead atoms. The molecule has 1 amide bonds. The van der Waals surface area contributed by atoms with Gasteiger partial charge in [-0.2, -0.15) is 0 Å². The van der Waals surface area contributed by atoms with Crippen molar-refractivity contribution in [3.8, 4) is 5.75 Å². The van der Waals surface area contributed by atoms with E-state index in [2.05, 4.69) is 0 Å². The number of ether oxygens (including phenoxy) is 1. The van der Waals surface area contributed by atoms with Gasteiger partial charge in [0.15, 0.2) is 0 Å². The molecule has 2 rings (SSSR count). The molecule has 20 heavy (non-hydrogen) atoms. The molecule has 1 aliphatic carbocycles. The van der Waals surface area contributed by atoms with Crippen LogP contribution in [0.4, 0.5) is 0 Å². The van der Waals surface area contributed by atoms with Gasteiger partial charge in [0.25, 0.3) is 5.91 Å². The number of rotatable bonds is 5. The van der Waals surface area contributed by atoms with E-state index in [-0.39, 0.29) is 6.04 Å². The molecule has 0 saturated heterocycles. The standard InChI is InChI=1S/C16H24N2O2/c1-11(17)13-7-8-15(14(9-13)16(18)19)20-10-12-5-3-2-4-6-12/h7-9,11-12H,2-6,10,17H2,1H3,(H2,18,19)/t11-/m0/s1. The van der Waals surface area contributed by atoms with E-state index < -0.39 is 5.91 Å². The Morgan fingerprint density at radius 3 is 2.65 bits per heavy atom. The predicted molar refractivity (Wildman–Crippen MR) is 79.6 cm³/mol. The highest BCUT2D eigenvalue weighted by Crippen LogP contribution is 2.27. The summed E-state index contributed by atoms with van der Waals surface area (Å²) in [5.41, 5.74) is 12.6. The van der Waals surface area contributed by atoms with Gasteiger partial charge in [-0.25, -0.2) is 0 Å². The molecule has 4 heteroatoms. The molecule has 0 aromatic heterocycles. The molecule has 1 aromatic rings. The van der Waals surface area contributed by atoms with Crippen molar-refractivity contribution >= 4 is 5.91 Å². The van der Waals surface area contributed by atoms with E-state index in [4.69, 9.17) is 16.2 Å². The van der Waals surface area contributed by atoms with Gasteiger partial charge >= 0.3 is 0 Å². The number of nitrogens with two attached hydrogens (primary N) is 2. The molecule has 4 N–H and O–H groups in total. The van der Waals surface area contributed by atoms with Gasteiger partial charge in [0.2, 0.25) is 0 Å². The van der Waals surface area contributed by atoms with Crippen LogP contribution < -0.4 is 16.2 Å². The SMILES string of the molecule is C[C@H](N)c1ccc(OCC2CCCCC2)c(C(N)=O)c1. The smallest absolute Gasteiger partial charge is 0.252 e. The first-order chi connectivity index (χ1) is 9.58. The number of hydrogen-bond acceptors (Lipinski definition) is 3. The van der Waals surface area contributed by atoms with E-state index >= 15 is 0 Å². The molecule has 1 saturated carbocycles. The van der Waals surface area contributed by atoms with Gasteiger partial charge in [0.05, 0.1) is 12.2 Å². The predicted octanol–water partition coefficient (Wildman–Crippen LogP) is 2.76. The molecule has 1 aromatic carbocycles. The lowest BCUT2D eigenvalue weighted by molar-refractivity contribution is 0.0994. The number of benzene rings is 1. The van der Waals surface area contributed by atoms with E-state index in [1.54, 1.807) is 6.07 Å². The maximum absolute atomic E-state index is 11.5. The van der Waals surface area contributed by atoms with Crippen molar-refractivity contribution in [2.45, 2.75) is 45.1 Å². The fourth-order valence-electron chi connectivity index (χ4n) is 2.71. The van der Waals surface area contributed by atoms with Gasteiger partial charge in [0.1, 0.15) is 5.75 Å². The summed E-state index contributed by atoms with van der Waals surface area (Å²) in [5, 5.41) is 0. The zero-order valence-electron chi connectivity index (χ0n) is 12.1. The molecule has 0 radical (unpaired) electrons. The Bertz CT molecular complexity index is 466. The first kappa shape index (κ1) is 14.9. The molecule has 1 aliphatic rings. The minimum Gasteiger partial charge on any atom is -0.492 e. The van der Waals surface area contributed by atoms with Crippen LogP contribution in [0.1, 0.15) is 61.0 Å². The third kappa shape index (κ3) is 3.73. The minimum absolute atomic E-state index is 0.125. The molecular weight excluding hydrogens is 252 g/mol. The molecule has 0 aliphatic heterocycles. The van der Waals surface area contributed by atoms with E-state index in [0.717, 1.165) is 5.56 Å². The van der Waals surface area contributed by atoms with Crippen LogP contribution in [-0.4, -0.2) is 12.5 Å². The van der Waals surface area contributed by atoms with Crippen LogP contribution in [-0.2, 0) is 0 Å². The number of primary amides is 1. The second kappa shape index (κ2) is 6.75. The summed E-state index contributed by atoms with van der Waals surface area (Å²) in [5.74, 6) is 0.705. The number of carbonyl (C=O) groups is 1. The summed E-state index contributed by atoms with van der Waals surface area (Å²) in [6.45, 7) is 2.54. The molecule has 1 atom stereocenters. The van der Waals surface area contributed by atoms with Crippen LogP contribution in [0.25, 0.3) is 0 Å². The summed E-state index contributed by atoms with van der Waals surface area (Å²) in [6, 6.07) is 5.32. The molecule has 4 nitrogen and oxygen atoms in total. The van der Waals surface area contributed by atoms with Gasteiger partial charge < -0.3 is 16.2 Å². The fourth-order valence-corrected chi connectivity index (χ4v) is 2.71. The molecule has 1 fully saturated rings. The molecule has 0 unspecified atom stereocenters. The summed E-state index contributed by atoms with van der Waals surface area (Å²) in [4.78, 5) is 11.5. The highest BCUT2D eigenvalue weighted by molar-refractivity contribution is 5.95. The third-order valence-electron chi connectivity index (χ3n) is 3.99. The fraction of sp³-hybridized carbons (Fsp3) is 0.562. The lowest BCUT2D eigenvalue weighted by Gasteiger charge is -2.22. The normalized spacial score (nSPS) is 17.7. The Balaban J connectivity index is 2.07. The van der Waals surface area contributed by atoms with E-state index in [0.29, 0.717) is 23.8 Å². The van der Waals surface area contributed by atoms with Crippen molar-refractivity contribution in [2.75, 3.05) is 6.61 Å². The van der Waals surface area contributed by atoms with E-state index in [1.165, 1.54) is 32.1 Å². The monoisotopic (exact) mass is 276 g/mol. The maximum atomic E-state index is 11.5. The van der Waals surface area contributed by atoms with Crippen molar-refractivity contribution in [1.82, 2.24) is 0 Å². The lowest BCUT2D eigenvalue weighted by atomic mass is 9.90. The Labute approximate surface area is 120 Å². The molecule has 0 heterocycles. The second-order valence-electron chi connectivity index (χ2n) is 5.72. The van der Waals surface area contributed by atoms with Gasteiger partial charge in [0, 0.05) is 6.04 Å². The van der Waals surface area contributed by atoms with Crippen LogP contribution in [0, 0.1) is 5.92 Å². The highest BCUT2D eigenvalue weighted by Gasteiger charge is 2.17. The molecule has 0 spiro atoms. The number of hydrogen-bond donors (Lipinski definition) is 2. The van der Waals surface area contributed by atoms with Crippen molar-refractivity contribution in [1.29, 1.82) is 0 Å². The second-order valence-corrected chi connectivity index (χ2v) is 5.72. The zero-order valence-corrected chi connectivity index (χ0v) is 12.1. The van der Waals surface area contributed by atoms with E-state index in [1.807, 2.05) is 19.1 Å². The molecule has 110 valence electrons. The summed E-state index contributed by atoms with van der Waals surface area (Å²) in [7, 11) is 0. The first-order valence-corrected chi connectivity index (χ1v) is 7.40. The Morgan fingerprint density at radius 1 is 1.35 bits per heavy atom. The lowest BCUT2D eigenvalue weighted by Crippen LogP contribution is -2.19. The molecular formula is C16H24N2O2. The third-order valence-corrected chi connectivity index (χ3v) is 3.99. The van der Waals surface area contributed by atoms with Crippen LogP contribution >= 0.6 is 0 Å².